The summed E-state index contributed by atoms with van der Waals surface area (Å²) in [5, 5.41) is 0.917. The molecule has 1 aliphatic rings. The third-order valence-corrected chi connectivity index (χ3v) is 6.62. The van der Waals surface area contributed by atoms with Crippen LogP contribution in [0.25, 0.3) is 11.1 Å². The van der Waals surface area contributed by atoms with Crippen LogP contribution in [0, 0.1) is 6.92 Å². The summed E-state index contributed by atoms with van der Waals surface area (Å²) >= 11 is 0. The molecule has 1 aliphatic heterocycles. The highest BCUT2D eigenvalue weighted by Gasteiger charge is 2.31. The smallest absolute Gasteiger partial charge is 0.270 e. The molecule has 0 saturated carbocycles. The maximum Gasteiger partial charge on any atom is 0.270 e. The fourth-order valence-corrected chi connectivity index (χ4v) is 4.73. The average Bonchev–Trinajstić information content (AvgIpc) is 3.43. The summed E-state index contributed by atoms with van der Waals surface area (Å²) in [4.78, 5) is 30.3. The van der Waals surface area contributed by atoms with Crippen molar-refractivity contribution >= 4 is 22.9 Å². The van der Waals surface area contributed by atoms with Crippen molar-refractivity contribution in [1.29, 1.82) is 0 Å². The highest BCUT2D eigenvalue weighted by Crippen LogP contribution is 2.25. The first kappa shape index (κ1) is 22.0. The maximum absolute atomic E-state index is 13.6. The van der Waals surface area contributed by atoms with E-state index in [0.717, 1.165) is 16.5 Å². The summed E-state index contributed by atoms with van der Waals surface area (Å²) in [6, 6.07) is 21.9. The molecule has 4 aromatic rings. The Hall–Kier alpha value is -3.80. The predicted octanol–water partition coefficient (Wildman–Crippen LogP) is 4.51. The van der Waals surface area contributed by atoms with Crippen LogP contribution < -0.4 is 0 Å². The minimum atomic E-state index is -0.0441. The van der Waals surface area contributed by atoms with Crippen LogP contribution in [0.2, 0.25) is 0 Å². The molecule has 0 bridgehead atoms. The average molecular weight is 456 g/mol. The van der Waals surface area contributed by atoms with Gasteiger partial charge in [-0.1, -0.05) is 60.2 Å². The van der Waals surface area contributed by atoms with Crippen molar-refractivity contribution < 1.29 is 14.0 Å². The summed E-state index contributed by atoms with van der Waals surface area (Å²) in [5.41, 5.74) is 4.64. The number of fused-ring (bicyclic) bond motifs is 1. The Labute approximate surface area is 199 Å². The Balaban J connectivity index is 1.32. The molecule has 5 rings (SSSR count). The molecule has 1 saturated heterocycles. The molecular weight excluding hydrogens is 426 g/mol. The maximum atomic E-state index is 13.6. The molecule has 2 amide bonds. The van der Waals surface area contributed by atoms with Crippen LogP contribution in [-0.2, 0) is 17.8 Å². The summed E-state index contributed by atoms with van der Waals surface area (Å²) in [5.74, 6) is 0.0755. The standard InChI is InChI=1S/C28H29N3O3/c1-20-8-10-23(11-9-20)19-31-25(17-24-12-15-34-28(24)31)27(33)29-13-14-30(21(2)18-29)26(32)16-22-6-4-3-5-7-22/h3-12,15,17,21H,13-14,16,18-19H2,1-2H3/t21-/m1/s1. The number of hydrogen-bond donors (Lipinski definition) is 0. The second-order valence-electron chi connectivity index (χ2n) is 9.13. The zero-order chi connectivity index (χ0) is 23.7. The fraction of sp³-hybridized carbons (Fsp3) is 0.286. The number of benzene rings is 2. The van der Waals surface area contributed by atoms with Gasteiger partial charge in [-0.25, -0.2) is 0 Å². The van der Waals surface area contributed by atoms with E-state index < -0.39 is 0 Å². The van der Waals surface area contributed by atoms with Gasteiger partial charge in [-0.15, -0.1) is 0 Å². The van der Waals surface area contributed by atoms with E-state index in [2.05, 4.69) is 31.2 Å². The van der Waals surface area contributed by atoms with E-state index in [1.54, 1.807) is 6.26 Å². The van der Waals surface area contributed by atoms with Crippen LogP contribution in [0.4, 0.5) is 0 Å². The molecule has 1 fully saturated rings. The Morgan fingerprint density at radius 3 is 2.47 bits per heavy atom. The van der Waals surface area contributed by atoms with Crippen molar-refractivity contribution in [1.82, 2.24) is 14.4 Å². The number of aromatic nitrogens is 1. The van der Waals surface area contributed by atoms with Gasteiger partial charge >= 0.3 is 0 Å². The first-order chi connectivity index (χ1) is 16.5. The Kier molecular flexibility index (Phi) is 5.97. The summed E-state index contributed by atoms with van der Waals surface area (Å²) in [6.45, 7) is 6.19. The topological polar surface area (TPSA) is 58.7 Å². The van der Waals surface area contributed by atoms with Gasteiger partial charge in [-0.2, -0.15) is 0 Å². The molecule has 1 atom stereocenters. The Morgan fingerprint density at radius 2 is 1.74 bits per heavy atom. The molecule has 34 heavy (non-hydrogen) atoms. The van der Waals surface area contributed by atoms with Gasteiger partial charge in [0.1, 0.15) is 5.69 Å². The molecule has 2 aromatic heterocycles. The lowest BCUT2D eigenvalue weighted by molar-refractivity contribution is -0.134. The quantitative estimate of drug-likeness (QED) is 0.445. The summed E-state index contributed by atoms with van der Waals surface area (Å²) in [6.07, 6.45) is 2.04. The van der Waals surface area contributed by atoms with Gasteiger partial charge < -0.3 is 18.8 Å². The number of carbonyl (C=O) groups is 2. The van der Waals surface area contributed by atoms with Crippen molar-refractivity contribution in [2.24, 2.45) is 0 Å². The Morgan fingerprint density at radius 1 is 0.971 bits per heavy atom. The van der Waals surface area contributed by atoms with Crippen molar-refractivity contribution in [3.8, 4) is 0 Å². The fourth-order valence-electron chi connectivity index (χ4n) is 4.73. The van der Waals surface area contributed by atoms with Crippen molar-refractivity contribution in [2.75, 3.05) is 19.6 Å². The van der Waals surface area contributed by atoms with Gasteiger partial charge in [0.25, 0.3) is 5.91 Å². The Bertz CT molecular complexity index is 1300. The van der Waals surface area contributed by atoms with Crippen LogP contribution in [0.1, 0.15) is 34.1 Å². The van der Waals surface area contributed by atoms with Crippen molar-refractivity contribution in [2.45, 2.75) is 32.9 Å². The molecule has 0 aliphatic carbocycles. The van der Waals surface area contributed by atoms with E-state index in [9.17, 15) is 9.59 Å². The molecule has 3 heterocycles. The zero-order valence-corrected chi connectivity index (χ0v) is 19.6. The minimum absolute atomic E-state index is 0.0273. The lowest BCUT2D eigenvalue weighted by Crippen LogP contribution is -2.56. The van der Waals surface area contributed by atoms with Crippen LogP contribution in [0.5, 0.6) is 0 Å². The van der Waals surface area contributed by atoms with Crippen molar-refractivity contribution in [3.63, 3.8) is 0 Å². The van der Waals surface area contributed by atoms with Crippen LogP contribution in [0.15, 0.2) is 77.4 Å². The lowest BCUT2D eigenvalue weighted by Gasteiger charge is -2.40. The lowest BCUT2D eigenvalue weighted by atomic mass is 10.1. The molecule has 2 aromatic carbocycles. The third kappa shape index (κ3) is 4.36. The second kappa shape index (κ2) is 9.21. The van der Waals surface area contributed by atoms with E-state index in [-0.39, 0.29) is 17.9 Å². The van der Waals surface area contributed by atoms with Gasteiger partial charge in [0.05, 0.1) is 19.2 Å². The van der Waals surface area contributed by atoms with Crippen LogP contribution in [0.3, 0.4) is 0 Å². The first-order valence-corrected chi connectivity index (χ1v) is 11.7. The molecule has 174 valence electrons. The van der Waals surface area contributed by atoms with E-state index in [4.69, 9.17) is 4.42 Å². The van der Waals surface area contributed by atoms with E-state index in [1.165, 1.54) is 5.56 Å². The number of amides is 2. The number of rotatable bonds is 5. The van der Waals surface area contributed by atoms with Gasteiger partial charge in [0.2, 0.25) is 11.6 Å². The molecule has 0 spiro atoms. The summed E-state index contributed by atoms with van der Waals surface area (Å²) in [7, 11) is 0. The zero-order valence-electron chi connectivity index (χ0n) is 19.6. The molecule has 6 heteroatoms. The molecule has 0 N–H and O–H groups in total. The van der Waals surface area contributed by atoms with Gasteiger partial charge in [-0.3, -0.25) is 9.59 Å². The predicted molar refractivity (Wildman–Crippen MR) is 132 cm³/mol. The molecule has 6 nitrogen and oxygen atoms in total. The van der Waals surface area contributed by atoms with Gasteiger partial charge in [0.15, 0.2) is 0 Å². The van der Waals surface area contributed by atoms with Crippen LogP contribution in [-0.4, -0.2) is 51.9 Å². The van der Waals surface area contributed by atoms with Crippen molar-refractivity contribution in [3.05, 3.63) is 95.4 Å². The summed E-state index contributed by atoms with van der Waals surface area (Å²) < 4.78 is 7.69. The van der Waals surface area contributed by atoms with Crippen LogP contribution >= 0.6 is 0 Å². The van der Waals surface area contributed by atoms with E-state index in [1.807, 2.05) is 63.8 Å². The minimum Gasteiger partial charge on any atom is -0.448 e. The first-order valence-electron chi connectivity index (χ1n) is 11.7. The number of piperazine rings is 1. The second-order valence-corrected chi connectivity index (χ2v) is 9.13. The number of carbonyl (C=O) groups excluding carboxylic acids is 2. The molecule has 0 radical (unpaired) electrons. The number of furan rings is 1. The number of aryl methyl sites for hydroxylation is 1. The SMILES string of the molecule is Cc1ccc(Cn2c(C(=O)N3CCN(C(=O)Cc4ccccc4)[C@H](C)C3)cc3ccoc32)cc1. The van der Waals surface area contributed by atoms with Gasteiger partial charge in [-0.05, 0) is 37.1 Å². The van der Waals surface area contributed by atoms with E-state index >= 15 is 0 Å². The van der Waals surface area contributed by atoms with E-state index in [0.29, 0.717) is 44.0 Å². The highest BCUT2D eigenvalue weighted by molar-refractivity contribution is 5.98. The molecule has 0 unspecified atom stereocenters. The highest BCUT2D eigenvalue weighted by atomic mass is 16.3. The third-order valence-electron chi connectivity index (χ3n) is 6.62. The normalized spacial score (nSPS) is 16.2. The van der Waals surface area contributed by atoms with Gasteiger partial charge in [0, 0.05) is 31.1 Å². The largest absolute Gasteiger partial charge is 0.448 e. The molecular formula is C28H29N3O3. The monoisotopic (exact) mass is 455 g/mol. The number of hydrogen-bond acceptors (Lipinski definition) is 3. The number of nitrogens with zero attached hydrogens (tertiary/aromatic N) is 3.